The minimum atomic E-state index is -0.820. The molecule has 10 radical (unpaired) electrons. The fraction of sp³-hybridized carbons (Fsp3) is 0.200. The zero-order valence-corrected chi connectivity index (χ0v) is 19.8. The number of benzene rings is 1. The Morgan fingerprint density at radius 3 is 2.26 bits per heavy atom. The normalized spacial score (nSPS) is 16.0. The van der Waals surface area contributed by atoms with Gasteiger partial charge in [-0.2, -0.15) is 0 Å². The third kappa shape index (κ3) is 9.85. The van der Waals surface area contributed by atoms with Crippen molar-refractivity contribution in [3.8, 4) is 0 Å². The van der Waals surface area contributed by atoms with Crippen molar-refractivity contribution < 1.29 is 36.1 Å². The van der Waals surface area contributed by atoms with Gasteiger partial charge in [0.05, 0.1) is 12.2 Å². The van der Waals surface area contributed by atoms with Gasteiger partial charge in [-0.25, -0.2) is 14.3 Å². The van der Waals surface area contributed by atoms with Crippen LogP contribution in [0.3, 0.4) is 0 Å². The van der Waals surface area contributed by atoms with Crippen LogP contribution in [0.5, 0.6) is 0 Å². The van der Waals surface area contributed by atoms with Crippen LogP contribution in [-0.2, 0) is 44.5 Å². The molecule has 2 aliphatic rings. The molecule has 0 unspecified atom stereocenters. The van der Waals surface area contributed by atoms with Crippen molar-refractivity contribution in [3.05, 3.63) is 111 Å². The predicted octanol–water partition coefficient (Wildman–Crippen LogP) is 2.91. The van der Waals surface area contributed by atoms with Gasteiger partial charge in [0.1, 0.15) is 19.3 Å². The molecule has 1 aromatic carbocycles. The summed E-state index contributed by atoms with van der Waals surface area (Å²) in [7, 11) is 0. The van der Waals surface area contributed by atoms with Gasteiger partial charge in [-0.05, 0) is 70.3 Å². The van der Waals surface area contributed by atoms with E-state index in [9.17, 15) is 9.59 Å². The Labute approximate surface area is 212 Å². The van der Waals surface area contributed by atoms with Crippen LogP contribution < -0.4 is 5.32 Å². The molecule has 1 heterocycles. The topological polar surface area (TPSA) is 95.3 Å². The van der Waals surface area contributed by atoms with Crippen molar-refractivity contribution in [1.29, 1.82) is 0 Å². The minimum absolute atomic E-state index is 0. The molecule has 9 heteroatoms. The van der Waals surface area contributed by atoms with Crippen LogP contribution in [0.15, 0.2) is 36.5 Å². The number of nitrogens with zero attached hydrogens (tertiary/aromatic N) is 3. The monoisotopic (exact) mass is 502 g/mol. The minimum Gasteiger partial charge on any atom is -0.462 e. The third-order valence-electron chi connectivity index (χ3n) is 4.52. The number of hydrogen-bond donors (Lipinski definition) is 1. The molecule has 0 spiro atoms. The van der Waals surface area contributed by atoms with Crippen LogP contribution in [0.4, 0.5) is 4.79 Å². The number of nitrogens with one attached hydrogen (secondary N) is 1. The van der Waals surface area contributed by atoms with Crippen LogP contribution in [0.2, 0.25) is 0 Å². The van der Waals surface area contributed by atoms with Crippen molar-refractivity contribution in [2.24, 2.45) is 0 Å². The number of carbonyl (C=O) groups is 2. The summed E-state index contributed by atoms with van der Waals surface area (Å²) in [4.78, 5) is 23.8. The Morgan fingerprint density at radius 1 is 0.971 bits per heavy atom. The summed E-state index contributed by atoms with van der Waals surface area (Å²) in [6.45, 7) is 2.15. The van der Waals surface area contributed by atoms with Gasteiger partial charge in [-0.3, -0.25) is 0 Å². The van der Waals surface area contributed by atoms with Crippen molar-refractivity contribution in [3.63, 3.8) is 0 Å². The molecule has 0 saturated heterocycles. The van der Waals surface area contributed by atoms with Crippen LogP contribution in [0.1, 0.15) is 18.2 Å². The summed E-state index contributed by atoms with van der Waals surface area (Å²) in [5, 5.41) is 10.5. The summed E-state index contributed by atoms with van der Waals surface area (Å²) < 4.78 is 11.9. The first kappa shape index (κ1) is 27.9. The standard InChI is InChI=1S/C20H21N4O4.C5H5.Fe/c1-15(21-20(26)28-14-16-7-3-2-4-8-16)19(25)27-12-11-24-13-18(22-23-24)17-9-5-6-10-17;1-2-4-5-3-1;/h2-10,13,15H,11-12,14H2,1H3,(H,21,26);1-5H;/q;;+2/t15-;;/m0../s1. The van der Waals surface area contributed by atoms with E-state index in [1.165, 1.54) is 6.92 Å². The maximum atomic E-state index is 12.0. The van der Waals surface area contributed by atoms with Crippen LogP contribution in [0, 0.1) is 63.7 Å². The third-order valence-corrected chi connectivity index (χ3v) is 4.52. The second-order valence-corrected chi connectivity index (χ2v) is 7.10. The quantitative estimate of drug-likeness (QED) is 0.441. The van der Waals surface area contributed by atoms with Gasteiger partial charge in [-0.15, -0.1) is 5.10 Å². The molecular weight excluding hydrogens is 476 g/mol. The fourth-order valence-electron chi connectivity index (χ4n) is 2.77. The second-order valence-electron chi connectivity index (χ2n) is 7.10. The summed E-state index contributed by atoms with van der Waals surface area (Å²) in [5.41, 5.74) is 1.62. The van der Waals surface area contributed by atoms with Gasteiger partial charge < -0.3 is 14.8 Å². The number of aromatic nitrogens is 3. The van der Waals surface area contributed by atoms with Gasteiger partial charge >= 0.3 is 29.1 Å². The molecule has 4 rings (SSSR count). The summed E-state index contributed by atoms with van der Waals surface area (Å²) >= 11 is 0. The Bertz CT molecular complexity index is 844. The predicted molar refractivity (Wildman–Crippen MR) is 121 cm³/mol. The largest absolute Gasteiger partial charge is 2.00 e. The van der Waals surface area contributed by atoms with Crippen molar-refractivity contribution in [2.45, 2.75) is 26.1 Å². The Balaban J connectivity index is 0.000000603. The molecule has 2 fully saturated rings. The van der Waals surface area contributed by atoms with Gasteiger partial charge in [0, 0.05) is 12.1 Å². The van der Waals surface area contributed by atoms with E-state index in [0.717, 1.165) is 17.2 Å². The number of ether oxygens (including phenoxy) is 2. The van der Waals surface area contributed by atoms with Crippen LogP contribution in [-0.4, -0.2) is 39.7 Å². The molecule has 1 aromatic heterocycles. The molecule has 0 aliphatic heterocycles. The maximum Gasteiger partial charge on any atom is 2.00 e. The molecular formula is C25H26FeN4O4+2. The van der Waals surface area contributed by atoms with E-state index in [1.54, 1.807) is 10.9 Å². The Hall–Kier alpha value is -2.38. The average molecular weight is 502 g/mol. The Kier molecular flexibility index (Phi) is 12.7. The van der Waals surface area contributed by atoms with E-state index in [-0.39, 0.29) is 30.3 Å². The molecule has 1 N–H and O–H groups in total. The molecule has 176 valence electrons. The molecule has 8 nitrogen and oxygen atoms in total. The molecule has 0 bridgehead atoms. The van der Waals surface area contributed by atoms with Crippen LogP contribution in [0.25, 0.3) is 0 Å². The smallest absolute Gasteiger partial charge is 0.462 e. The van der Waals surface area contributed by atoms with Gasteiger partial charge in [0.15, 0.2) is 0 Å². The summed E-state index contributed by atoms with van der Waals surface area (Å²) in [6, 6.07) is 8.46. The average Bonchev–Trinajstić information content (AvgIpc) is 3.62. The van der Waals surface area contributed by atoms with E-state index >= 15 is 0 Å². The first-order valence-electron chi connectivity index (χ1n) is 10.5. The molecule has 1 amide bonds. The SMILES string of the molecule is C[C@H](NC(=O)OCc1ccccc1)C(=O)OCCn1cc([C]2[CH][CH][CH][CH]2)nn1.[CH]1[CH][CH][CH][CH]1.[Fe+2]. The molecule has 1 atom stereocenters. The van der Waals surface area contributed by atoms with E-state index in [2.05, 4.69) is 15.6 Å². The zero-order valence-electron chi connectivity index (χ0n) is 18.7. The number of hydrogen-bond acceptors (Lipinski definition) is 6. The number of esters is 1. The molecule has 2 aromatic rings. The van der Waals surface area contributed by atoms with E-state index in [1.807, 2.05) is 88.1 Å². The summed E-state index contributed by atoms with van der Waals surface area (Å²) in [6.07, 6.45) is 18.8. The fourth-order valence-corrected chi connectivity index (χ4v) is 2.77. The van der Waals surface area contributed by atoms with Crippen molar-refractivity contribution >= 4 is 12.1 Å². The first-order valence-corrected chi connectivity index (χ1v) is 10.5. The number of carbonyl (C=O) groups excluding carboxylic acids is 2. The van der Waals surface area contributed by atoms with Gasteiger partial charge in [0.2, 0.25) is 0 Å². The maximum absolute atomic E-state index is 12.0. The zero-order chi connectivity index (χ0) is 23.3. The van der Waals surface area contributed by atoms with E-state index < -0.39 is 18.1 Å². The number of amides is 1. The first-order chi connectivity index (χ1) is 16.1. The van der Waals surface area contributed by atoms with Crippen LogP contribution >= 0.6 is 0 Å². The molecule has 2 aliphatic carbocycles. The molecule has 2 saturated carbocycles. The number of rotatable bonds is 8. The number of alkyl carbamates (subject to hydrolysis) is 1. The van der Waals surface area contributed by atoms with E-state index in [0.29, 0.717) is 6.54 Å². The van der Waals surface area contributed by atoms with Gasteiger partial charge in [0.25, 0.3) is 0 Å². The van der Waals surface area contributed by atoms with Crippen molar-refractivity contribution in [2.75, 3.05) is 6.61 Å². The van der Waals surface area contributed by atoms with Gasteiger partial charge in [-0.1, -0.05) is 35.5 Å². The second kappa shape index (κ2) is 15.5. The molecule has 34 heavy (non-hydrogen) atoms. The van der Waals surface area contributed by atoms with Crippen molar-refractivity contribution in [1.82, 2.24) is 20.3 Å². The summed E-state index contributed by atoms with van der Waals surface area (Å²) in [5.74, 6) is 0.433. The Morgan fingerprint density at radius 2 is 1.62 bits per heavy atom. The van der Waals surface area contributed by atoms with E-state index in [4.69, 9.17) is 9.47 Å².